The summed E-state index contributed by atoms with van der Waals surface area (Å²) in [5, 5.41) is 1.15. The SMILES string of the molecule is O=C(COc1ccc2oc3c(c2c1)CCCC3)N1CCC1. The highest BCUT2D eigenvalue weighted by atomic mass is 16.5. The van der Waals surface area contributed by atoms with E-state index in [-0.39, 0.29) is 12.5 Å². The minimum Gasteiger partial charge on any atom is -0.484 e. The van der Waals surface area contributed by atoms with Crippen molar-refractivity contribution in [1.29, 1.82) is 0 Å². The Hall–Kier alpha value is -1.97. The van der Waals surface area contributed by atoms with Gasteiger partial charge in [-0.15, -0.1) is 0 Å². The van der Waals surface area contributed by atoms with Crippen molar-refractivity contribution in [3.05, 3.63) is 29.5 Å². The molecule has 2 aromatic rings. The number of hydrogen-bond donors (Lipinski definition) is 0. The predicted molar refractivity (Wildman–Crippen MR) is 79.5 cm³/mol. The largest absolute Gasteiger partial charge is 0.484 e. The number of furan rings is 1. The molecular weight excluding hydrogens is 266 g/mol. The number of rotatable bonds is 3. The van der Waals surface area contributed by atoms with Crippen LogP contribution in [0.1, 0.15) is 30.6 Å². The van der Waals surface area contributed by atoms with Gasteiger partial charge in [-0.1, -0.05) is 0 Å². The van der Waals surface area contributed by atoms with Crippen LogP contribution in [0.15, 0.2) is 22.6 Å². The first-order valence-corrected chi connectivity index (χ1v) is 7.76. The zero-order valence-electron chi connectivity index (χ0n) is 12.1. The number of fused-ring (bicyclic) bond motifs is 3. The molecule has 0 saturated carbocycles. The van der Waals surface area contributed by atoms with E-state index < -0.39 is 0 Å². The zero-order chi connectivity index (χ0) is 14.2. The molecule has 2 aliphatic rings. The highest BCUT2D eigenvalue weighted by Gasteiger charge is 2.21. The van der Waals surface area contributed by atoms with Crippen molar-refractivity contribution in [2.24, 2.45) is 0 Å². The van der Waals surface area contributed by atoms with Crippen molar-refractivity contribution < 1.29 is 13.9 Å². The first kappa shape index (κ1) is 12.7. The van der Waals surface area contributed by atoms with E-state index in [4.69, 9.17) is 9.15 Å². The Morgan fingerprint density at radius 1 is 1.19 bits per heavy atom. The van der Waals surface area contributed by atoms with E-state index in [0.717, 1.165) is 54.8 Å². The summed E-state index contributed by atoms with van der Waals surface area (Å²) in [6.07, 6.45) is 5.66. The molecule has 1 amide bonds. The van der Waals surface area contributed by atoms with Crippen LogP contribution in [0.4, 0.5) is 0 Å². The molecule has 1 saturated heterocycles. The van der Waals surface area contributed by atoms with Gasteiger partial charge < -0.3 is 14.1 Å². The van der Waals surface area contributed by atoms with E-state index >= 15 is 0 Å². The van der Waals surface area contributed by atoms with Crippen LogP contribution in [0.3, 0.4) is 0 Å². The van der Waals surface area contributed by atoms with Gasteiger partial charge in [0.25, 0.3) is 5.91 Å². The second-order valence-electron chi connectivity index (χ2n) is 5.89. The van der Waals surface area contributed by atoms with Gasteiger partial charge in [0, 0.05) is 30.5 Å². The van der Waals surface area contributed by atoms with Crippen LogP contribution in [0.5, 0.6) is 5.75 Å². The van der Waals surface area contributed by atoms with Gasteiger partial charge in [-0.25, -0.2) is 0 Å². The van der Waals surface area contributed by atoms with Crippen molar-refractivity contribution in [2.45, 2.75) is 32.1 Å². The van der Waals surface area contributed by atoms with Crippen LogP contribution in [0.25, 0.3) is 11.0 Å². The van der Waals surface area contributed by atoms with E-state index in [0.29, 0.717) is 0 Å². The Bertz CT molecular complexity index is 685. The molecule has 4 rings (SSSR count). The Morgan fingerprint density at radius 2 is 2.05 bits per heavy atom. The maximum atomic E-state index is 11.8. The Morgan fingerprint density at radius 3 is 2.86 bits per heavy atom. The number of benzene rings is 1. The van der Waals surface area contributed by atoms with Gasteiger partial charge in [-0.05, 0) is 43.9 Å². The third kappa shape index (κ3) is 2.28. The summed E-state index contributed by atoms with van der Waals surface area (Å²) in [6, 6.07) is 5.87. The lowest BCUT2D eigenvalue weighted by molar-refractivity contribution is -0.136. The molecule has 21 heavy (non-hydrogen) atoms. The molecule has 0 atom stereocenters. The number of hydrogen-bond acceptors (Lipinski definition) is 3. The molecule has 4 nitrogen and oxygen atoms in total. The third-order valence-corrected chi connectivity index (χ3v) is 4.50. The lowest BCUT2D eigenvalue weighted by Crippen LogP contribution is -2.44. The maximum Gasteiger partial charge on any atom is 0.260 e. The minimum atomic E-state index is 0.0792. The van der Waals surface area contributed by atoms with Crippen LogP contribution in [0.2, 0.25) is 0 Å². The number of nitrogens with zero attached hydrogens (tertiary/aromatic N) is 1. The second-order valence-corrected chi connectivity index (χ2v) is 5.89. The van der Waals surface area contributed by atoms with E-state index in [1.807, 2.05) is 23.1 Å². The van der Waals surface area contributed by atoms with Crippen LogP contribution in [0, 0.1) is 0 Å². The molecule has 110 valence electrons. The summed E-state index contributed by atoms with van der Waals surface area (Å²) in [4.78, 5) is 13.7. The quantitative estimate of drug-likeness (QED) is 0.871. The summed E-state index contributed by atoms with van der Waals surface area (Å²) in [5.41, 5.74) is 2.26. The van der Waals surface area contributed by atoms with Crippen LogP contribution in [-0.2, 0) is 17.6 Å². The summed E-state index contributed by atoms with van der Waals surface area (Å²) in [5.74, 6) is 1.96. The highest BCUT2D eigenvalue weighted by molar-refractivity contribution is 5.84. The third-order valence-electron chi connectivity index (χ3n) is 4.50. The average Bonchev–Trinajstić information content (AvgIpc) is 2.81. The molecule has 0 radical (unpaired) electrons. The summed E-state index contributed by atoms with van der Waals surface area (Å²) in [6.45, 7) is 1.87. The number of carbonyl (C=O) groups is 1. The molecule has 4 heteroatoms. The maximum absolute atomic E-state index is 11.8. The molecule has 1 fully saturated rings. The molecule has 0 unspecified atom stereocenters. The minimum absolute atomic E-state index is 0.0792. The average molecular weight is 285 g/mol. The molecule has 1 aromatic carbocycles. The Kier molecular flexibility index (Phi) is 3.09. The van der Waals surface area contributed by atoms with E-state index in [1.54, 1.807) is 0 Å². The lowest BCUT2D eigenvalue weighted by atomic mass is 9.96. The molecule has 1 aliphatic heterocycles. The number of likely N-dealkylation sites (tertiary alicyclic amines) is 1. The molecular formula is C17H19NO3. The highest BCUT2D eigenvalue weighted by Crippen LogP contribution is 2.33. The Labute approximate surface area is 123 Å². The number of aryl methyl sites for hydroxylation is 2. The second kappa shape index (κ2) is 5.10. The van der Waals surface area contributed by atoms with Crippen LogP contribution < -0.4 is 4.74 Å². The van der Waals surface area contributed by atoms with Crippen molar-refractivity contribution in [2.75, 3.05) is 19.7 Å². The molecule has 0 bridgehead atoms. The van der Waals surface area contributed by atoms with Gasteiger partial charge in [0.1, 0.15) is 17.1 Å². The number of ether oxygens (including phenoxy) is 1. The topological polar surface area (TPSA) is 42.7 Å². The number of carbonyl (C=O) groups excluding carboxylic acids is 1. The summed E-state index contributed by atoms with van der Waals surface area (Å²) in [7, 11) is 0. The fourth-order valence-corrected chi connectivity index (χ4v) is 3.13. The summed E-state index contributed by atoms with van der Waals surface area (Å²) >= 11 is 0. The van der Waals surface area contributed by atoms with E-state index in [1.165, 1.54) is 18.4 Å². The van der Waals surface area contributed by atoms with Gasteiger partial charge in [-0.3, -0.25) is 4.79 Å². The molecule has 0 N–H and O–H groups in total. The molecule has 0 spiro atoms. The molecule has 1 aliphatic carbocycles. The zero-order valence-corrected chi connectivity index (χ0v) is 12.1. The van der Waals surface area contributed by atoms with Crippen molar-refractivity contribution in [3.8, 4) is 5.75 Å². The van der Waals surface area contributed by atoms with Crippen LogP contribution in [-0.4, -0.2) is 30.5 Å². The van der Waals surface area contributed by atoms with E-state index in [2.05, 4.69) is 0 Å². The standard InChI is InChI=1S/C17H19NO3/c19-17(18-8-3-9-18)11-20-12-6-7-16-14(10-12)13-4-1-2-5-15(13)21-16/h6-7,10H,1-5,8-9,11H2. The normalized spacial score (nSPS) is 17.4. The monoisotopic (exact) mass is 285 g/mol. The smallest absolute Gasteiger partial charge is 0.260 e. The molecule has 1 aromatic heterocycles. The lowest BCUT2D eigenvalue weighted by Gasteiger charge is -2.30. The summed E-state index contributed by atoms with van der Waals surface area (Å²) < 4.78 is 11.6. The van der Waals surface area contributed by atoms with Crippen molar-refractivity contribution in [1.82, 2.24) is 4.90 Å². The first-order valence-electron chi connectivity index (χ1n) is 7.76. The van der Waals surface area contributed by atoms with Gasteiger partial charge >= 0.3 is 0 Å². The van der Waals surface area contributed by atoms with Gasteiger partial charge in [-0.2, -0.15) is 0 Å². The van der Waals surface area contributed by atoms with Gasteiger partial charge in [0.2, 0.25) is 0 Å². The molecule has 2 heterocycles. The number of amides is 1. The van der Waals surface area contributed by atoms with Crippen molar-refractivity contribution in [3.63, 3.8) is 0 Å². The first-order chi connectivity index (χ1) is 10.3. The van der Waals surface area contributed by atoms with E-state index in [9.17, 15) is 4.79 Å². The Balaban J connectivity index is 1.54. The fraction of sp³-hybridized carbons (Fsp3) is 0.471. The van der Waals surface area contributed by atoms with Gasteiger partial charge in [0.15, 0.2) is 6.61 Å². The predicted octanol–water partition coefficient (Wildman–Crippen LogP) is 2.92. The van der Waals surface area contributed by atoms with Gasteiger partial charge in [0.05, 0.1) is 0 Å². The van der Waals surface area contributed by atoms with Crippen molar-refractivity contribution >= 4 is 16.9 Å². The van der Waals surface area contributed by atoms with Crippen LogP contribution >= 0.6 is 0 Å². The fourth-order valence-electron chi connectivity index (χ4n) is 3.13.